The number of Topliss-reactive ketones (excluding diaryl/α,β-unsaturated/α-hetero) is 1. The summed E-state index contributed by atoms with van der Waals surface area (Å²) in [5.41, 5.74) is 11.2. The summed E-state index contributed by atoms with van der Waals surface area (Å²) in [7, 11) is -4.29. The Labute approximate surface area is 214 Å². The lowest BCUT2D eigenvalue weighted by Gasteiger charge is -2.36. The molecule has 5 heterocycles. The van der Waals surface area contributed by atoms with E-state index in [1.54, 1.807) is 12.4 Å². The fourth-order valence-corrected chi connectivity index (χ4v) is 7.10. The van der Waals surface area contributed by atoms with Gasteiger partial charge in [0, 0.05) is 40.9 Å². The van der Waals surface area contributed by atoms with Crippen molar-refractivity contribution in [1.29, 1.82) is 0 Å². The molecule has 6 rings (SSSR count). The number of benzene rings is 1. The third kappa shape index (κ3) is 3.99. The Bertz CT molecular complexity index is 1600. The second kappa shape index (κ2) is 8.72. The van der Waals surface area contributed by atoms with E-state index in [4.69, 9.17) is 10.7 Å². The van der Waals surface area contributed by atoms with Gasteiger partial charge in [-0.25, -0.2) is 4.98 Å². The number of pyridine rings is 1. The highest BCUT2D eigenvalue weighted by Crippen LogP contribution is 2.45. The van der Waals surface area contributed by atoms with Crippen LogP contribution in [0.15, 0.2) is 54.9 Å². The molecule has 0 radical (unpaired) electrons. The zero-order chi connectivity index (χ0) is 25.9. The molecular weight excluding hydrogens is 492 g/mol. The van der Waals surface area contributed by atoms with E-state index < -0.39 is 10.3 Å². The van der Waals surface area contributed by atoms with Crippen LogP contribution in [0.1, 0.15) is 54.6 Å². The van der Waals surface area contributed by atoms with E-state index in [0.717, 1.165) is 22.4 Å². The average molecular weight is 519 g/mol. The van der Waals surface area contributed by atoms with E-state index >= 15 is 0 Å². The van der Waals surface area contributed by atoms with Crippen molar-refractivity contribution >= 4 is 27.6 Å². The number of nitrogens with zero attached hydrogens (tertiary/aromatic N) is 5. The van der Waals surface area contributed by atoms with E-state index in [-0.39, 0.29) is 29.6 Å². The lowest BCUT2D eigenvalue weighted by molar-refractivity contribution is 0.101. The fraction of sp³-hybridized carbons (Fsp3) is 0.308. The van der Waals surface area contributed by atoms with Gasteiger partial charge in [-0.05, 0) is 38.7 Å². The first-order valence-electron chi connectivity index (χ1n) is 12.2. The van der Waals surface area contributed by atoms with Gasteiger partial charge in [-0.3, -0.25) is 14.3 Å². The number of anilines is 1. The molecule has 190 valence electrons. The standard InChI is InChI=1S/C26H26N6O4S/c1-15(33)23-24(18-11-19-8-9-20(12-18)32(19)37(34,35)36)30-26-21(14-29-31(26)25(23)27)17-7-10-22(28-13-17)16-5-3-2-4-6-16/h2-7,10,13-14,18-20H,8-9,11-12,27H2,1H3,(H,34,35,36). The summed E-state index contributed by atoms with van der Waals surface area (Å²) < 4.78 is 36.3. The monoisotopic (exact) mass is 518 g/mol. The van der Waals surface area contributed by atoms with Crippen LogP contribution in [0.3, 0.4) is 0 Å². The number of hydrogen-bond acceptors (Lipinski definition) is 7. The van der Waals surface area contributed by atoms with Gasteiger partial charge in [0.25, 0.3) is 0 Å². The molecule has 0 spiro atoms. The zero-order valence-corrected chi connectivity index (χ0v) is 21.0. The summed E-state index contributed by atoms with van der Waals surface area (Å²) in [5.74, 6) is -0.197. The molecule has 11 heteroatoms. The summed E-state index contributed by atoms with van der Waals surface area (Å²) >= 11 is 0. The van der Waals surface area contributed by atoms with Crippen LogP contribution >= 0.6 is 0 Å². The van der Waals surface area contributed by atoms with Crippen LogP contribution in [0.5, 0.6) is 0 Å². The molecule has 2 aliphatic rings. The van der Waals surface area contributed by atoms with Crippen molar-refractivity contribution in [2.24, 2.45) is 0 Å². The van der Waals surface area contributed by atoms with Crippen molar-refractivity contribution < 1.29 is 17.8 Å². The number of carbonyl (C=O) groups excluding carboxylic acids is 1. The predicted octanol–water partition coefficient (Wildman–Crippen LogP) is 3.76. The maximum absolute atomic E-state index is 12.7. The molecule has 0 aliphatic carbocycles. The van der Waals surface area contributed by atoms with Crippen LogP contribution in [0.2, 0.25) is 0 Å². The van der Waals surface area contributed by atoms with Crippen molar-refractivity contribution in [1.82, 2.24) is 23.9 Å². The maximum Gasteiger partial charge on any atom is 0.336 e. The lowest BCUT2D eigenvalue weighted by atomic mass is 9.86. The van der Waals surface area contributed by atoms with E-state index in [0.29, 0.717) is 42.6 Å². The third-order valence-electron chi connectivity index (χ3n) is 7.53. The first-order valence-corrected chi connectivity index (χ1v) is 13.6. The number of ketones is 1. The van der Waals surface area contributed by atoms with Crippen LogP contribution in [0.4, 0.5) is 5.82 Å². The Morgan fingerprint density at radius 3 is 2.32 bits per heavy atom. The van der Waals surface area contributed by atoms with Crippen molar-refractivity contribution in [2.45, 2.75) is 50.6 Å². The normalized spacial score (nSPS) is 21.9. The summed E-state index contributed by atoms with van der Waals surface area (Å²) in [6.07, 6.45) is 5.65. The number of hydrogen-bond donors (Lipinski definition) is 2. The molecule has 2 atom stereocenters. The topological polar surface area (TPSA) is 144 Å². The molecule has 2 bridgehead atoms. The van der Waals surface area contributed by atoms with Crippen LogP contribution in [-0.2, 0) is 10.3 Å². The molecule has 2 fully saturated rings. The molecule has 4 aromatic rings. The van der Waals surface area contributed by atoms with Crippen LogP contribution in [0.25, 0.3) is 28.0 Å². The van der Waals surface area contributed by atoms with Crippen molar-refractivity contribution in [3.8, 4) is 22.4 Å². The van der Waals surface area contributed by atoms with E-state index in [2.05, 4.69) is 10.1 Å². The van der Waals surface area contributed by atoms with Crippen molar-refractivity contribution in [3.63, 3.8) is 0 Å². The average Bonchev–Trinajstić information content (AvgIpc) is 3.43. The predicted molar refractivity (Wildman–Crippen MR) is 138 cm³/mol. The molecule has 37 heavy (non-hydrogen) atoms. The Hall–Kier alpha value is -3.67. The minimum Gasteiger partial charge on any atom is -0.383 e. The van der Waals surface area contributed by atoms with Gasteiger partial charge >= 0.3 is 10.3 Å². The molecule has 3 N–H and O–H groups in total. The highest BCUT2D eigenvalue weighted by Gasteiger charge is 2.47. The summed E-state index contributed by atoms with van der Waals surface area (Å²) in [6.45, 7) is 1.45. The van der Waals surface area contributed by atoms with Gasteiger partial charge in [-0.1, -0.05) is 36.4 Å². The van der Waals surface area contributed by atoms with E-state index in [1.807, 2.05) is 42.5 Å². The smallest absolute Gasteiger partial charge is 0.336 e. The largest absolute Gasteiger partial charge is 0.383 e. The minimum absolute atomic E-state index is 0.178. The number of nitrogen functional groups attached to an aromatic ring is 1. The summed E-state index contributed by atoms with van der Waals surface area (Å²) in [6, 6.07) is 13.1. The number of carbonyl (C=O) groups is 1. The summed E-state index contributed by atoms with van der Waals surface area (Å²) in [4.78, 5) is 22.2. The van der Waals surface area contributed by atoms with Crippen LogP contribution in [0, 0.1) is 0 Å². The first kappa shape index (κ1) is 23.7. The molecule has 0 saturated carbocycles. The van der Waals surface area contributed by atoms with E-state index in [1.165, 1.54) is 15.7 Å². The quantitative estimate of drug-likeness (QED) is 0.300. The molecule has 2 unspecified atom stereocenters. The molecule has 1 aromatic carbocycles. The second-order valence-corrected chi connectivity index (χ2v) is 11.1. The van der Waals surface area contributed by atoms with Gasteiger partial charge < -0.3 is 5.73 Å². The first-order chi connectivity index (χ1) is 17.7. The van der Waals surface area contributed by atoms with Gasteiger partial charge in [-0.2, -0.15) is 22.3 Å². The molecule has 10 nitrogen and oxygen atoms in total. The molecule has 3 aromatic heterocycles. The third-order valence-corrected chi connectivity index (χ3v) is 8.66. The summed E-state index contributed by atoms with van der Waals surface area (Å²) in [5, 5.41) is 4.42. The lowest BCUT2D eigenvalue weighted by Crippen LogP contribution is -2.45. The molecule has 2 aliphatic heterocycles. The number of aromatic nitrogens is 4. The van der Waals surface area contributed by atoms with Gasteiger partial charge in [0.1, 0.15) is 5.82 Å². The zero-order valence-electron chi connectivity index (χ0n) is 20.2. The number of nitrogens with two attached hydrogens (primary N) is 1. The van der Waals surface area contributed by atoms with Gasteiger partial charge in [-0.15, -0.1) is 0 Å². The van der Waals surface area contributed by atoms with E-state index in [9.17, 15) is 17.8 Å². The van der Waals surface area contributed by atoms with Crippen molar-refractivity contribution in [2.75, 3.05) is 5.73 Å². The number of rotatable bonds is 5. The second-order valence-electron chi connectivity index (χ2n) is 9.77. The van der Waals surface area contributed by atoms with Gasteiger partial charge in [0.05, 0.1) is 23.1 Å². The highest BCUT2D eigenvalue weighted by atomic mass is 32.2. The van der Waals surface area contributed by atoms with Crippen LogP contribution in [-0.4, -0.2) is 54.7 Å². The molecule has 2 saturated heterocycles. The SMILES string of the molecule is CC(=O)c1c(C2CC3CCC(C2)N3S(=O)(=O)O)nc2c(-c3ccc(-c4ccccc4)nc3)cnn2c1N. The van der Waals surface area contributed by atoms with Crippen LogP contribution < -0.4 is 5.73 Å². The Kier molecular flexibility index (Phi) is 5.59. The Morgan fingerprint density at radius 2 is 1.73 bits per heavy atom. The van der Waals surface area contributed by atoms with Crippen molar-refractivity contribution in [3.05, 3.63) is 66.1 Å². The number of fused-ring (bicyclic) bond motifs is 3. The Morgan fingerprint density at radius 1 is 1.03 bits per heavy atom. The molecular formula is C26H26N6O4S. The number of piperidine rings is 1. The van der Waals surface area contributed by atoms with Gasteiger partial charge in [0.15, 0.2) is 11.4 Å². The van der Waals surface area contributed by atoms with Gasteiger partial charge in [0.2, 0.25) is 0 Å². The highest BCUT2D eigenvalue weighted by molar-refractivity contribution is 7.83. The Balaban J connectivity index is 1.43. The minimum atomic E-state index is -4.29. The fourth-order valence-electron chi connectivity index (χ4n) is 5.96. The molecule has 0 amide bonds. The maximum atomic E-state index is 12.7.